The maximum absolute atomic E-state index is 13.4. The molecule has 2 N–H and O–H groups in total. The summed E-state index contributed by atoms with van der Waals surface area (Å²) in [6, 6.07) is 14.2. The van der Waals surface area contributed by atoms with Gasteiger partial charge in [-0.2, -0.15) is 0 Å². The van der Waals surface area contributed by atoms with Crippen molar-refractivity contribution in [1.82, 2.24) is 14.8 Å². The van der Waals surface area contributed by atoms with Crippen LogP contribution in [0.15, 0.2) is 54.7 Å². The predicted octanol–water partition coefficient (Wildman–Crippen LogP) is 4.22. The number of aromatic nitrogens is 1. The monoisotopic (exact) mass is 429 g/mol. The van der Waals surface area contributed by atoms with Crippen molar-refractivity contribution in [2.75, 3.05) is 26.2 Å². The molecule has 2 heterocycles. The largest absolute Gasteiger partial charge is 0.508 e. The van der Waals surface area contributed by atoms with Crippen molar-refractivity contribution >= 4 is 22.4 Å². The number of aromatic hydroxyl groups is 1. The quantitative estimate of drug-likeness (QED) is 0.617. The van der Waals surface area contributed by atoms with Crippen LogP contribution in [0.4, 0.5) is 0 Å². The van der Waals surface area contributed by atoms with Gasteiger partial charge in [0.2, 0.25) is 5.91 Å². The molecule has 2 atom stereocenters. The van der Waals surface area contributed by atoms with Gasteiger partial charge in [0.05, 0.1) is 5.92 Å². The first-order valence-electron chi connectivity index (χ1n) is 11.7. The second-order valence-corrected chi connectivity index (χ2v) is 8.87. The summed E-state index contributed by atoms with van der Waals surface area (Å²) in [5.41, 5.74) is 5.99. The zero-order chi connectivity index (χ0) is 22.2. The number of benzene rings is 2. The molecule has 2 aromatic carbocycles. The van der Waals surface area contributed by atoms with E-state index in [1.54, 1.807) is 6.07 Å². The zero-order valence-electron chi connectivity index (χ0n) is 18.8. The minimum Gasteiger partial charge on any atom is -0.508 e. The molecule has 166 valence electrons. The molecule has 1 aliphatic carbocycles. The molecular weight excluding hydrogens is 398 g/mol. The fraction of sp³-hybridized carbons (Fsp3) is 0.370. The molecule has 0 bridgehead atoms. The van der Waals surface area contributed by atoms with Crippen molar-refractivity contribution in [1.29, 1.82) is 0 Å². The second kappa shape index (κ2) is 8.47. The number of hydrogen-bond acceptors (Lipinski definition) is 3. The van der Waals surface area contributed by atoms with Gasteiger partial charge < -0.3 is 15.0 Å². The zero-order valence-corrected chi connectivity index (χ0v) is 18.8. The lowest BCUT2D eigenvalue weighted by atomic mass is 9.79. The summed E-state index contributed by atoms with van der Waals surface area (Å²) < 4.78 is 0. The number of nitrogens with zero attached hydrogens (tertiary/aromatic N) is 2. The predicted molar refractivity (Wildman–Crippen MR) is 129 cm³/mol. The van der Waals surface area contributed by atoms with Crippen LogP contribution in [0.25, 0.3) is 16.5 Å². The minimum absolute atomic E-state index is 0.152. The Balaban J connectivity index is 1.52. The number of phenols is 1. The van der Waals surface area contributed by atoms with E-state index in [0.717, 1.165) is 43.6 Å². The molecule has 3 aromatic rings. The fourth-order valence-corrected chi connectivity index (χ4v) is 5.48. The molecule has 32 heavy (non-hydrogen) atoms. The van der Waals surface area contributed by atoms with E-state index >= 15 is 0 Å². The molecule has 1 amide bonds. The first-order valence-corrected chi connectivity index (χ1v) is 11.7. The molecule has 2 unspecified atom stereocenters. The number of hydrogen-bond donors (Lipinski definition) is 2. The maximum atomic E-state index is 13.4. The number of rotatable bonds is 6. The average Bonchev–Trinajstić information content (AvgIpc) is 3.23. The second-order valence-electron chi connectivity index (χ2n) is 8.87. The number of carbonyl (C=O) groups excluding carboxylic acids is 1. The van der Waals surface area contributed by atoms with Crippen LogP contribution in [-0.4, -0.2) is 58.0 Å². The molecule has 5 heteroatoms. The van der Waals surface area contributed by atoms with Crippen LogP contribution < -0.4 is 0 Å². The van der Waals surface area contributed by atoms with Gasteiger partial charge >= 0.3 is 0 Å². The third-order valence-electron chi connectivity index (χ3n) is 7.18. The summed E-state index contributed by atoms with van der Waals surface area (Å²) in [7, 11) is 0. The van der Waals surface area contributed by atoms with Gasteiger partial charge in [0.1, 0.15) is 5.75 Å². The molecule has 0 fully saturated rings. The van der Waals surface area contributed by atoms with Gasteiger partial charge in [0, 0.05) is 49.3 Å². The molecule has 5 rings (SSSR count). The van der Waals surface area contributed by atoms with Crippen molar-refractivity contribution in [3.05, 3.63) is 71.4 Å². The Morgan fingerprint density at radius 2 is 1.97 bits per heavy atom. The Morgan fingerprint density at radius 3 is 2.75 bits per heavy atom. The van der Waals surface area contributed by atoms with E-state index < -0.39 is 0 Å². The van der Waals surface area contributed by atoms with E-state index in [4.69, 9.17) is 0 Å². The molecule has 5 nitrogen and oxygen atoms in total. The highest BCUT2D eigenvalue weighted by Gasteiger charge is 2.37. The van der Waals surface area contributed by atoms with E-state index in [9.17, 15) is 9.90 Å². The summed E-state index contributed by atoms with van der Waals surface area (Å²) in [5, 5.41) is 11.6. The Labute approximate surface area is 189 Å². The molecule has 0 spiro atoms. The smallest absolute Gasteiger partial charge is 0.230 e. The molecule has 1 aliphatic heterocycles. The minimum atomic E-state index is -0.152. The number of H-pyrrole nitrogens is 1. The molecule has 1 aromatic heterocycles. The van der Waals surface area contributed by atoms with Crippen LogP contribution in [0.5, 0.6) is 5.75 Å². The summed E-state index contributed by atoms with van der Waals surface area (Å²) in [5.74, 6) is 0.402. The van der Waals surface area contributed by atoms with E-state index in [0.29, 0.717) is 12.3 Å². The number of aromatic amines is 1. The molecule has 0 radical (unpaired) electrons. The lowest BCUT2D eigenvalue weighted by molar-refractivity contribution is -0.134. The van der Waals surface area contributed by atoms with Crippen LogP contribution in [0.1, 0.15) is 30.5 Å². The highest BCUT2D eigenvalue weighted by Crippen LogP contribution is 2.41. The number of carbonyl (C=O) groups is 1. The van der Waals surface area contributed by atoms with Crippen molar-refractivity contribution in [2.45, 2.75) is 32.7 Å². The summed E-state index contributed by atoms with van der Waals surface area (Å²) in [6.07, 6.45) is 6.08. The topological polar surface area (TPSA) is 59.6 Å². The number of amides is 1. The number of fused-ring (bicyclic) bond motifs is 2. The highest BCUT2D eigenvalue weighted by molar-refractivity contribution is 5.99. The first kappa shape index (κ1) is 20.8. The summed E-state index contributed by atoms with van der Waals surface area (Å²) in [6.45, 7) is 7.07. The summed E-state index contributed by atoms with van der Waals surface area (Å²) in [4.78, 5) is 21.2. The highest BCUT2D eigenvalue weighted by atomic mass is 16.3. The lowest BCUT2D eigenvalue weighted by Gasteiger charge is -2.42. The van der Waals surface area contributed by atoms with E-state index in [1.165, 1.54) is 22.1 Å². The third-order valence-corrected chi connectivity index (χ3v) is 7.18. The average molecular weight is 430 g/mol. The maximum Gasteiger partial charge on any atom is 0.230 e. The lowest BCUT2D eigenvalue weighted by Crippen LogP contribution is -2.49. The van der Waals surface area contributed by atoms with Crippen LogP contribution in [-0.2, 0) is 17.6 Å². The van der Waals surface area contributed by atoms with Crippen LogP contribution >= 0.6 is 0 Å². The number of nitrogens with one attached hydrogen (secondary N) is 1. The van der Waals surface area contributed by atoms with E-state index in [2.05, 4.69) is 40.4 Å². The Hall–Kier alpha value is -3.05. The normalized spacial score (nSPS) is 20.1. The third kappa shape index (κ3) is 3.51. The standard InChI is InChI=1S/C27H31N3O2/c1-3-29(4-2)27(32)20-14-22-21-9-7-10-23-26(21)19(16-28-23)15-24(22)30(17-20)13-12-18-8-5-6-11-25(18)31/h5-11,14,16,20,24,28,31H,3-4,12-13,15,17H2,1-2H3. The van der Waals surface area contributed by atoms with Crippen molar-refractivity contribution < 1.29 is 9.90 Å². The van der Waals surface area contributed by atoms with Gasteiger partial charge in [-0.3, -0.25) is 9.69 Å². The molecular formula is C27H31N3O2. The van der Waals surface area contributed by atoms with Gasteiger partial charge in [-0.15, -0.1) is 0 Å². The van der Waals surface area contributed by atoms with Gasteiger partial charge in [-0.05, 0) is 61.1 Å². The first-order chi connectivity index (χ1) is 15.6. The molecule has 2 aliphatic rings. The van der Waals surface area contributed by atoms with Gasteiger partial charge in [0.15, 0.2) is 0 Å². The van der Waals surface area contributed by atoms with Crippen molar-refractivity contribution in [3.63, 3.8) is 0 Å². The van der Waals surface area contributed by atoms with Gasteiger partial charge in [-0.25, -0.2) is 0 Å². The summed E-state index contributed by atoms with van der Waals surface area (Å²) >= 11 is 0. The molecule has 0 saturated heterocycles. The van der Waals surface area contributed by atoms with Crippen LogP contribution in [0.3, 0.4) is 0 Å². The Bertz CT molecular complexity index is 1170. The SMILES string of the molecule is CCN(CC)C(=O)C1C=C2c3cccc4[nH]cc(c34)CC2N(CCc2ccccc2O)C1. The van der Waals surface area contributed by atoms with Gasteiger partial charge in [0.25, 0.3) is 0 Å². The Morgan fingerprint density at radius 1 is 1.16 bits per heavy atom. The van der Waals surface area contributed by atoms with E-state index in [-0.39, 0.29) is 17.9 Å². The van der Waals surface area contributed by atoms with Gasteiger partial charge in [-0.1, -0.05) is 36.4 Å². The Kier molecular flexibility index (Phi) is 5.51. The van der Waals surface area contributed by atoms with Crippen molar-refractivity contribution in [3.8, 4) is 5.75 Å². The van der Waals surface area contributed by atoms with Crippen molar-refractivity contribution in [2.24, 2.45) is 5.92 Å². The van der Waals surface area contributed by atoms with E-state index in [1.807, 2.05) is 36.9 Å². The molecule has 0 saturated carbocycles. The van der Waals surface area contributed by atoms with Crippen LogP contribution in [0.2, 0.25) is 0 Å². The number of para-hydroxylation sites is 1. The number of phenolic OH excluding ortho intramolecular Hbond substituents is 1. The van der Waals surface area contributed by atoms with Crippen LogP contribution in [0, 0.1) is 5.92 Å². The fourth-order valence-electron chi connectivity index (χ4n) is 5.48.